The summed E-state index contributed by atoms with van der Waals surface area (Å²) >= 11 is 0. The van der Waals surface area contributed by atoms with E-state index < -0.39 is 0 Å². The summed E-state index contributed by atoms with van der Waals surface area (Å²) in [5, 5.41) is 2.64. The van der Waals surface area contributed by atoms with Crippen molar-refractivity contribution < 1.29 is 4.74 Å². The molecule has 2 nitrogen and oxygen atoms in total. The topological polar surface area (TPSA) is 14.2 Å². The van der Waals surface area contributed by atoms with Gasteiger partial charge in [-0.1, -0.05) is 84.9 Å². The van der Waals surface area contributed by atoms with Crippen LogP contribution in [0.3, 0.4) is 0 Å². The summed E-state index contributed by atoms with van der Waals surface area (Å²) < 4.78 is 9.27. The van der Waals surface area contributed by atoms with Gasteiger partial charge in [0.25, 0.3) is 6.71 Å². The molecule has 2 aliphatic heterocycles. The van der Waals surface area contributed by atoms with Crippen molar-refractivity contribution in [1.29, 1.82) is 0 Å². The van der Waals surface area contributed by atoms with E-state index in [-0.39, 0.29) is 6.71 Å². The second-order valence-corrected chi connectivity index (χ2v) is 9.37. The van der Waals surface area contributed by atoms with Crippen LogP contribution in [-0.4, -0.2) is 11.3 Å². The van der Waals surface area contributed by atoms with E-state index in [4.69, 9.17) is 4.74 Å². The van der Waals surface area contributed by atoms with E-state index in [1.165, 1.54) is 55.0 Å². The highest BCUT2D eigenvalue weighted by Gasteiger charge is 2.41. The van der Waals surface area contributed by atoms with E-state index in [9.17, 15) is 0 Å². The molecule has 0 amide bonds. The Morgan fingerprint density at radius 3 is 2.41 bits per heavy atom. The molecule has 0 fully saturated rings. The Morgan fingerprint density at radius 2 is 1.50 bits per heavy atom. The highest BCUT2D eigenvalue weighted by Crippen LogP contribution is 2.42. The maximum absolute atomic E-state index is 6.81. The average molecular weight is 433 g/mol. The van der Waals surface area contributed by atoms with Gasteiger partial charge in [0.15, 0.2) is 0 Å². The maximum atomic E-state index is 6.81. The van der Waals surface area contributed by atoms with Gasteiger partial charge in [-0.05, 0) is 52.6 Å². The van der Waals surface area contributed by atoms with Gasteiger partial charge in [-0.25, -0.2) is 0 Å². The number of hydrogen-bond donors (Lipinski definition) is 0. The summed E-state index contributed by atoms with van der Waals surface area (Å²) in [7, 11) is 0. The molecule has 0 saturated carbocycles. The van der Waals surface area contributed by atoms with Crippen LogP contribution in [0.15, 0.2) is 103 Å². The Labute approximate surface area is 198 Å². The fraction of sp³-hybridized carbons (Fsp3) is 0.0323. The first-order chi connectivity index (χ1) is 16.8. The molecular weight excluding hydrogens is 413 g/mol. The number of para-hydroxylation sites is 3. The third-order valence-corrected chi connectivity index (χ3v) is 7.57. The largest absolute Gasteiger partial charge is 0.458 e. The highest BCUT2D eigenvalue weighted by atomic mass is 16.5. The van der Waals surface area contributed by atoms with Crippen LogP contribution in [0.25, 0.3) is 38.6 Å². The molecule has 5 aromatic carbocycles. The maximum Gasteiger partial charge on any atom is 0.256 e. The van der Waals surface area contributed by atoms with Crippen LogP contribution in [0, 0.1) is 6.92 Å². The SMILES string of the molecule is Cc1cc2c3c4c1c1ccccc1n4-c1ccccc1B3c1cccc(-c3ccccc3)c1O2. The zero-order valence-electron chi connectivity index (χ0n) is 18.7. The van der Waals surface area contributed by atoms with E-state index in [2.05, 4.69) is 115 Å². The number of rotatable bonds is 1. The van der Waals surface area contributed by atoms with Crippen LogP contribution < -0.4 is 21.1 Å². The van der Waals surface area contributed by atoms with Crippen LogP contribution in [-0.2, 0) is 0 Å². The van der Waals surface area contributed by atoms with Gasteiger partial charge in [-0.3, -0.25) is 0 Å². The van der Waals surface area contributed by atoms with Crippen molar-refractivity contribution in [3.63, 3.8) is 0 Å². The zero-order chi connectivity index (χ0) is 22.4. The quantitative estimate of drug-likeness (QED) is 0.303. The van der Waals surface area contributed by atoms with Crippen LogP contribution in [0.2, 0.25) is 0 Å². The molecule has 0 radical (unpaired) electrons. The molecule has 6 aromatic rings. The summed E-state index contributed by atoms with van der Waals surface area (Å²) in [5.41, 5.74) is 11.2. The Hall–Kier alpha value is -4.24. The first-order valence-corrected chi connectivity index (χ1v) is 11.8. The lowest BCUT2D eigenvalue weighted by Gasteiger charge is -2.34. The van der Waals surface area contributed by atoms with E-state index in [0.29, 0.717) is 0 Å². The van der Waals surface area contributed by atoms with E-state index in [1.807, 2.05) is 0 Å². The third kappa shape index (κ3) is 2.17. The summed E-state index contributed by atoms with van der Waals surface area (Å²) in [5.74, 6) is 1.95. The van der Waals surface area contributed by atoms with Crippen LogP contribution >= 0.6 is 0 Å². The van der Waals surface area contributed by atoms with Gasteiger partial charge >= 0.3 is 0 Å². The number of nitrogens with zero attached hydrogens (tertiary/aromatic N) is 1. The molecule has 0 saturated heterocycles. The van der Waals surface area contributed by atoms with Crippen LogP contribution in [0.1, 0.15) is 5.56 Å². The number of aryl methyl sites for hydroxylation is 1. The molecule has 3 heteroatoms. The van der Waals surface area contributed by atoms with Gasteiger partial charge in [-0.2, -0.15) is 0 Å². The van der Waals surface area contributed by atoms with Crippen molar-refractivity contribution in [3.8, 4) is 28.3 Å². The zero-order valence-corrected chi connectivity index (χ0v) is 18.7. The summed E-state index contributed by atoms with van der Waals surface area (Å²) in [6.07, 6.45) is 0. The fourth-order valence-corrected chi connectivity index (χ4v) is 6.24. The van der Waals surface area contributed by atoms with Gasteiger partial charge in [0.05, 0.1) is 11.0 Å². The number of ether oxygens (including phenoxy) is 1. The average Bonchev–Trinajstić information content (AvgIpc) is 3.24. The molecule has 0 bridgehead atoms. The molecule has 0 spiro atoms. The Balaban J connectivity index is 1.55. The number of hydrogen-bond acceptors (Lipinski definition) is 1. The van der Waals surface area contributed by atoms with Crippen molar-refractivity contribution in [2.24, 2.45) is 0 Å². The van der Waals surface area contributed by atoms with Gasteiger partial charge in [-0.15, -0.1) is 0 Å². The number of aromatic nitrogens is 1. The minimum absolute atomic E-state index is 0.138. The van der Waals surface area contributed by atoms with Crippen molar-refractivity contribution in [2.45, 2.75) is 6.92 Å². The first kappa shape index (κ1) is 18.2. The highest BCUT2D eigenvalue weighted by molar-refractivity contribution is 6.99. The predicted molar refractivity (Wildman–Crippen MR) is 142 cm³/mol. The van der Waals surface area contributed by atoms with Crippen LogP contribution in [0.5, 0.6) is 11.5 Å². The molecule has 0 aliphatic carbocycles. The minimum Gasteiger partial charge on any atom is -0.458 e. The molecule has 2 aliphatic rings. The van der Waals surface area contributed by atoms with Crippen molar-refractivity contribution in [2.75, 3.05) is 0 Å². The molecule has 3 heterocycles. The lowest BCUT2D eigenvalue weighted by atomic mass is 9.34. The fourth-order valence-electron chi connectivity index (χ4n) is 6.24. The number of benzene rings is 5. The standard InChI is InChI=1S/C31H20BNO/c1-19-18-27-29-30-28(19)22-12-5-7-16-25(22)33(30)26-17-8-6-14-23(26)32(29)24-15-9-13-21(31(24)34-27)20-10-3-2-4-11-20/h2-18H,1H3. The summed E-state index contributed by atoms with van der Waals surface area (Å²) in [6.45, 7) is 2.35. The molecule has 0 unspecified atom stereocenters. The minimum atomic E-state index is 0.138. The normalized spacial score (nSPS) is 13.0. The summed E-state index contributed by atoms with van der Waals surface area (Å²) in [6, 6.07) is 37.1. The molecule has 0 N–H and O–H groups in total. The van der Waals surface area contributed by atoms with E-state index in [1.54, 1.807) is 0 Å². The molecule has 8 rings (SSSR count). The second-order valence-electron chi connectivity index (χ2n) is 9.37. The van der Waals surface area contributed by atoms with E-state index in [0.717, 1.165) is 17.1 Å². The van der Waals surface area contributed by atoms with Crippen LogP contribution in [0.4, 0.5) is 0 Å². The van der Waals surface area contributed by atoms with Crippen molar-refractivity contribution >= 4 is 44.9 Å². The lowest BCUT2D eigenvalue weighted by Crippen LogP contribution is -2.58. The van der Waals surface area contributed by atoms with Gasteiger partial charge in [0, 0.05) is 22.0 Å². The van der Waals surface area contributed by atoms with Crippen molar-refractivity contribution in [3.05, 3.63) is 109 Å². The summed E-state index contributed by atoms with van der Waals surface area (Å²) in [4.78, 5) is 0. The number of fused-ring (bicyclic) bond motifs is 8. The van der Waals surface area contributed by atoms with Gasteiger partial charge < -0.3 is 9.30 Å². The third-order valence-electron chi connectivity index (χ3n) is 7.57. The van der Waals surface area contributed by atoms with E-state index >= 15 is 0 Å². The molecule has 158 valence electrons. The Morgan fingerprint density at radius 1 is 0.735 bits per heavy atom. The van der Waals surface area contributed by atoms with Crippen molar-refractivity contribution in [1.82, 2.24) is 4.57 Å². The van der Waals surface area contributed by atoms with Gasteiger partial charge in [0.1, 0.15) is 11.5 Å². The predicted octanol–water partition coefficient (Wildman–Crippen LogP) is 5.69. The monoisotopic (exact) mass is 433 g/mol. The Kier molecular flexibility index (Phi) is 3.44. The smallest absolute Gasteiger partial charge is 0.256 e. The molecule has 1 aromatic heterocycles. The molecule has 0 atom stereocenters. The molecule has 34 heavy (non-hydrogen) atoms. The van der Waals surface area contributed by atoms with Gasteiger partial charge in [0.2, 0.25) is 0 Å². The lowest BCUT2D eigenvalue weighted by molar-refractivity contribution is 0.489. The first-order valence-electron chi connectivity index (χ1n) is 11.8. The second kappa shape index (κ2) is 6.42. The Bertz CT molecular complexity index is 1800. The molecular formula is C31H20BNO.